The molecule has 3 heterocycles. The van der Waals surface area contributed by atoms with Gasteiger partial charge in [0.15, 0.2) is 5.82 Å². The molecule has 0 aliphatic heterocycles. The van der Waals surface area contributed by atoms with Gasteiger partial charge in [0, 0.05) is 35.5 Å². The Kier molecular flexibility index (Phi) is 5.65. The number of ether oxygens (including phenoxy) is 1. The quantitative estimate of drug-likeness (QED) is 0.612. The van der Waals surface area contributed by atoms with Crippen molar-refractivity contribution in [3.8, 4) is 5.75 Å². The molecule has 4 rings (SSSR count). The van der Waals surface area contributed by atoms with Crippen LogP contribution in [-0.2, 0) is 11.2 Å². The van der Waals surface area contributed by atoms with Crippen molar-refractivity contribution in [1.82, 2.24) is 20.3 Å². The summed E-state index contributed by atoms with van der Waals surface area (Å²) >= 11 is 0. The maximum atomic E-state index is 12.2. The maximum Gasteiger partial charge on any atom is 0.233 e. The summed E-state index contributed by atoms with van der Waals surface area (Å²) in [6.07, 6.45) is 6.53. The third-order valence-corrected chi connectivity index (χ3v) is 5.24. The van der Waals surface area contributed by atoms with E-state index in [1.54, 1.807) is 18.5 Å². The molecule has 156 valence electrons. The standard InChI is InChI=1S/C22H25N5O3/c1-13(2)18-6-7-23-12-20(18)29-16-5-4-15(9-16)19-11-21(26-25-19)24-22(28)10-17-8-14(3)27-30-17/h6-8,11-12,15-16H,1,4-5,9-10H2,2-3H3,(H2,24,25,26,28)/t15-,16+/m0/s1. The van der Waals surface area contributed by atoms with E-state index in [1.165, 1.54) is 0 Å². The van der Waals surface area contributed by atoms with E-state index in [0.29, 0.717) is 17.5 Å². The van der Waals surface area contributed by atoms with E-state index in [2.05, 4.69) is 32.2 Å². The van der Waals surface area contributed by atoms with Crippen molar-refractivity contribution < 1.29 is 14.1 Å². The topological polar surface area (TPSA) is 106 Å². The monoisotopic (exact) mass is 407 g/mol. The molecule has 2 atom stereocenters. The van der Waals surface area contributed by atoms with Crippen LogP contribution in [0.3, 0.4) is 0 Å². The second-order valence-electron chi connectivity index (χ2n) is 7.77. The molecule has 0 aromatic carbocycles. The van der Waals surface area contributed by atoms with Crippen LogP contribution in [0.15, 0.2) is 41.7 Å². The summed E-state index contributed by atoms with van der Waals surface area (Å²) in [5.41, 5.74) is 3.69. The van der Waals surface area contributed by atoms with E-state index < -0.39 is 0 Å². The summed E-state index contributed by atoms with van der Waals surface area (Å²) < 4.78 is 11.3. The first-order chi connectivity index (χ1) is 14.5. The van der Waals surface area contributed by atoms with Gasteiger partial charge in [0.25, 0.3) is 0 Å². The SMILES string of the molecule is C=C(C)c1ccncc1O[C@@H]1CC[C@H](c2cc(NC(=O)Cc3cc(C)no3)n[nH]2)C1. The summed E-state index contributed by atoms with van der Waals surface area (Å²) in [5.74, 6) is 1.92. The van der Waals surface area contributed by atoms with Crippen LogP contribution in [0.1, 0.15) is 54.8 Å². The number of carbonyl (C=O) groups is 1. The van der Waals surface area contributed by atoms with Gasteiger partial charge >= 0.3 is 0 Å². The molecular formula is C22H25N5O3. The molecule has 1 saturated carbocycles. The number of anilines is 1. The number of aromatic amines is 1. The van der Waals surface area contributed by atoms with E-state index in [9.17, 15) is 4.79 Å². The Bertz CT molecular complexity index is 1050. The second kappa shape index (κ2) is 8.52. The molecule has 2 N–H and O–H groups in total. The first kappa shape index (κ1) is 19.9. The molecule has 1 fully saturated rings. The number of rotatable bonds is 7. The van der Waals surface area contributed by atoms with Gasteiger partial charge in [-0.3, -0.25) is 14.9 Å². The number of nitrogens with zero attached hydrogens (tertiary/aromatic N) is 3. The summed E-state index contributed by atoms with van der Waals surface area (Å²) in [4.78, 5) is 16.4. The number of carbonyl (C=O) groups excluding carboxylic acids is 1. The number of aromatic nitrogens is 4. The Morgan fingerprint density at radius 1 is 1.40 bits per heavy atom. The van der Waals surface area contributed by atoms with E-state index >= 15 is 0 Å². The highest BCUT2D eigenvalue weighted by Gasteiger charge is 2.29. The van der Waals surface area contributed by atoms with Gasteiger partial charge in [-0.15, -0.1) is 0 Å². The van der Waals surface area contributed by atoms with E-state index in [4.69, 9.17) is 9.26 Å². The minimum atomic E-state index is -0.194. The molecule has 0 bridgehead atoms. The van der Waals surface area contributed by atoms with Gasteiger partial charge in [-0.1, -0.05) is 11.7 Å². The van der Waals surface area contributed by atoms with Crippen molar-refractivity contribution in [2.45, 2.75) is 51.6 Å². The molecule has 1 aliphatic rings. The number of nitrogens with one attached hydrogen (secondary N) is 2. The van der Waals surface area contributed by atoms with Crippen molar-refractivity contribution in [3.05, 3.63) is 59.9 Å². The molecule has 1 aliphatic carbocycles. The lowest BCUT2D eigenvalue weighted by molar-refractivity contribution is -0.115. The molecule has 0 spiro atoms. The van der Waals surface area contributed by atoms with Crippen LogP contribution >= 0.6 is 0 Å². The van der Waals surface area contributed by atoms with Gasteiger partial charge < -0.3 is 14.6 Å². The Hall–Kier alpha value is -3.42. The number of H-pyrrole nitrogens is 1. The first-order valence-corrected chi connectivity index (χ1v) is 10.0. The molecule has 3 aromatic rings. The predicted molar refractivity (Wildman–Crippen MR) is 112 cm³/mol. The van der Waals surface area contributed by atoms with Gasteiger partial charge in [0.1, 0.15) is 11.5 Å². The van der Waals surface area contributed by atoms with E-state index in [1.807, 2.05) is 26.0 Å². The molecule has 0 saturated heterocycles. The minimum absolute atomic E-state index is 0.105. The van der Waals surface area contributed by atoms with Crippen LogP contribution in [0.5, 0.6) is 5.75 Å². The predicted octanol–water partition coefficient (Wildman–Crippen LogP) is 4.03. The van der Waals surface area contributed by atoms with Gasteiger partial charge in [-0.25, -0.2) is 0 Å². The average Bonchev–Trinajstić information content (AvgIpc) is 3.44. The molecule has 8 nitrogen and oxygen atoms in total. The second-order valence-corrected chi connectivity index (χ2v) is 7.77. The Morgan fingerprint density at radius 2 is 2.27 bits per heavy atom. The number of pyridine rings is 1. The lowest BCUT2D eigenvalue weighted by Gasteiger charge is -2.16. The van der Waals surface area contributed by atoms with Crippen molar-refractivity contribution in [1.29, 1.82) is 0 Å². The van der Waals surface area contributed by atoms with Crippen LogP contribution in [0.25, 0.3) is 5.57 Å². The normalized spacial score (nSPS) is 18.3. The summed E-state index contributed by atoms with van der Waals surface area (Å²) in [5, 5.41) is 13.9. The number of amides is 1. The lowest BCUT2D eigenvalue weighted by atomic mass is 10.0. The zero-order valence-electron chi connectivity index (χ0n) is 17.1. The van der Waals surface area contributed by atoms with Crippen molar-refractivity contribution in [2.24, 2.45) is 0 Å². The molecule has 3 aromatic heterocycles. The van der Waals surface area contributed by atoms with Crippen molar-refractivity contribution in [3.63, 3.8) is 0 Å². The Balaban J connectivity index is 1.33. The van der Waals surface area contributed by atoms with Crippen LogP contribution in [0.2, 0.25) is 0 Å². The van der Waals surface area contributed by atoms with Gasteiger partial charge in [-0.2, -0.15) is 5.10 Å². The zero-order chi connectivity index (χ0) is 21.1. The van der Waals surface area contributed by atoms with E-state index in [0.717, 1.165) is 47.5 Å². The van der Waals surface area contributed by atoms with Gasteiger partial charge in [-0.05, 0) is 44.7 Å². The Labute approximate surface area is 174 Å². The third-order valence-electron chi connectivity index (χ3n) is 5.24. The molecule has 0 unspecified atom stereocenters. The highest BCUT2D eigenvalue weighted by atomic mass is 16.5. The molecule has 8 heteroatoms. The summed E-state index contributed by atoms with van der Waals surface area (Å²) in [7, 11) is 0. The average molecular weight is 407 g/mol. The zero-order valence-corrected chi connectivity index (χ0v) is 17.1. The number of aryl methyl sites for hydroxylation is 1. The maximum absolute atomic E-state index is 12.2. The van der Waals surface area contributed by atoms with Crippen LogP contribution < -0.4 is 10.1 Å². The largest absolute Gasteiger partial charge is 0.488 e. The molecular weight excluding hydrogens is 382 g/mol. The van der Waals surface area contributed by atoms with Gasteiger partial charge in [0.2, 0.25) is 5.91 Å². The van der Waals surface area contributed by atoms with Crippen molar-refractivity contribution >= 4 is 17.3 Å². The van der Waals surface area contributed by atoms with Crippen molar-refractivity contribution in [2.75, 3.05) is 5.32 Å². The summed E-state index contributed by atoms with van der Waals surface area (Å²) in [6, 6.07) is 5.56. The molecule has 30 heavy (non-hydrogen) atoms. The highest BCUT2D eigenvalue weighted by Crippen LogP contribution is 2.37. The highest BCUT2D eigenvalue weighted by molar-refractivity contribution is 5.91. The fourth-order valence-corrected chi connectivity index (χ4v) is 3.79. The van der Waals surface area contributed by atoms with Crippen LogP contribution in [0.4, 0.5) is 5.82 Å². The van der Waals surface area contributed by atoms with Gasteiger partial charge in [0.05, 0.1) is 24.4 Å². The van der Waals surface area contributed by atoms with Crippen LogP contribution in [0, 0.1) is 6.92 Å². The van der Waals surface area contributed by atoms with E-state index in [-0.39, 0.29) is 18.4 Å². The molecule has 1 amide bonds. The first-order valence-electron chi connectivity index (χ1n) is 10.0. The fourth-order valence-electron chi connectivity index (χ4n) is 3.79. The summed E-state index contributed by atoms with van der Waals surface area (Å²) in [6.45, 7) is 7.79. The van der Waals surface area contributed by atoms with Crippen LogP contribution in [-0.4, -0.2) is 32.3 Å². The molecule has 0 radical (unpaired) electrons. The fraction of sp³-hybridized carbons (Fsp3) is 0.364. The third kappa shape index (κ3) is 4.59. The smallest absolute Gasteiger partial charge is 0.233 e. The lowest BCUT2D eigenvalue weighted by Crippen LogP contribution is -2.14. The minimum Gasteiger partial charge on any atom is -0.488 e. The number of hydrogen-bond donors (Lipinski definition) is 2. The number of hydrogen-bond acceptors (Lipinski definition) is 6. The number of allylic oxidation sites excluding steroid dienone is 1. The Morgan fingerprint density at radius 3 is 3.03 bits per heavy atom.